The third-order valence-corrected chi connectivity index (χ3v) is 4.44. The van der Waals surface area contributed by atoms with Crippen molar-refractivity contribution < 1.29 is 9.53 Å². The summed E-state index contributed by atoms with van der Waals surface area (Å²) in [5.41, 5.74) is -0.0601. The Morgan fingerprint density at radius 3 is 2.36 bits per heavy atom. The molecule has 2 N–H and O–H groups in total. The Bertz CT molecular complexity index is 553. The third-order valence-electron chi connectivity index (χ3n) is 3.81. The van der Waals surface area contributed by atoms with E-state index in [1.807, 2.05) is 13.8 Å². The number of amides is 1. The number of carbonyl (C=O) groups excluding carboxylic acids is 1. The van der Waals surface area contributed by atoms with Crippen LogP contribution in [0.4, 0.5) is 5.69 Å². The van der Waals surface area contributed by atoms with E-state index in [0.29, 0.717) is 15.7 Å². The highest BCUT2D eigenvalue weighted by Gasteiger charge is 2.45. The molecule has 6 heteroatoms. The summed E-state index contributed by atoms with van der Waals surface area (Å²) in [5.74, 6) is -0.185. The fourth-order valence-corrected chi connectivity index (χ4v) is 3.39. The number of nitrogens with one attached hydrogen (secondary N) is 2. The van der Waals surface area contributed by atoms with Gasteiger partial charge in [-0.3, -0.25) is 4.79 Å². The average molecular weight is 345 g/mol. The van der Waals surface area contributed by atoms with E-state index in [1.165, 1.54) is 0 Å². The summed E-state index contributed by atoms with van der Waals surface area (Å²) in [7, 11) is 0. The van der Waals surface area contributed by atoms with Crippen LogP contribution in [0.5, 0.6) is 0 Å². The molecule has 0 aliphatic carbocycles. The Labute approximate surface area is 141 Å². The van der Waals surface area contributed by atoms with Gasteiger partial charge in [-0.2, -0.15) is 0 Å². The van der Waals surface area contributed by atoms with E-state index in [2.05, 4.69) is 24.5 Å². The van der Waals surface area contributed by atoms with Crippen LogP contribution in [0.3, 0.4) is 0 Å². The van der Waals surface area contributed by atoms with Crippen LogP contribution in [0.2, 0.25) is 10.0 Å². The minimum absolute atomic E-state index is 0.106. The highest BCUT2D eigenvalue weighted by molar-refractivity contribution is 6.39. The molecule has 22 heavy (non-hydrogen) atoms. The molecule has 1 aliphatic heterocycles. The molecular formula is C16H22Cl2N2O2. The zero-order chi connectivity index (χ0) is 16.5. The second kappa shape index (κ2) is 6.36. The maximum atomic E-state index is 12.1. The highest BCUT2D eigenvalue weighted by atomic mass is 35.5. The molecule has 0 bridgehead atoms. The number of para-hydroxylation sites is 1. The van der Waals surface area contributed by atoms with Crippen LogP contribution in [0.1, 0.15) is 34.1 Å². The Kier molecular flexibility index (Phi) is 5.07. The first-order chi connectivity index (χ1) is 10.1. The summed E-state index contributed by atoms with van der Waals surface area (Å²) in [6.07, 6.45) is 0.847. The molecule has 1 saturated heterocycles. The standard InChI is InChI=1S/C16H22Cl2N2O2/c1-15(2)8-12(16(3,4)22-15)19-9-13(21)20-14-10(17)6-5-7-11(14)18/h5-7,12,19H,8-9H2,1-4H3,(H,20,21)/t12-/m1/s1. The summed E-state index contributed by atoms with van der Waals surface area (Å²) in [5, 5.41) is 6.85. The van der Waals surface area contributed by atoms with Crippen molar-refractivity contribution in [2.45, 2.75) is 51.4 Å². The van der Waals surface area contributed by atoms with Gasteiger partial charge in [0.15, 0.2) is 0 Å². The van der Waals surface area contributed by atoms with Gasteiger partial charge in [0.1, 0.15) is 0 Å². The van der Waals surface area contributed by atoms with Gasteiger partial charge in [-0.15, -0.1) is 0 Å². The van der Waals surface area contributed by atoms with Gasteiger partial charge in [0.25, 0.3) is 0 Å². The predicted octanol–water partition coefficient (Wildman–Crippen LogP) is 3.87. The second-order valence-corrected chi connectivity index (χ2v) is 7.56. The van der Waals surface area contributed by atoms with Gasteiger partial charge in [0.2, 0.25) is 5.91 Å². The van der Waals surface area contributed by atoms with Gasteiger partial charge >= 0.3 is 0 Å². The molecule has 4 nitrogen and oxygen atoms in total. The zero-order valence-electron chi connectivity index (χ0n) is 13.3. The molecule has 1 aromatic carbocycles. The zero-order valence-corrected chi connectivity index (χ0v) is 14.8. The van der Waals surface area contributed by atoms with Crippen molar-refractivity contribution in [3.63, 3.8) is 0 Å². The average Bonchev–Trinajstić information content (AvgIpc) is 2.59. The van der Waals surface area contributed by atoms with Gasteiger partial charge in [0.05, 0.1) is 33.5 Å². The molecule has 1 aromatic rings. The molecule has 0 saturated carbocycles. The van der Waals surface area contributed by atoms with Gasteiger partial charge in [-0.1, -0.05) is 29.3 Å². The molecule has 2 rings (SSSR count). The first-order valence-electron chi connectivity index (χ1n) is 7.28. The summed E-state index contributed by atoms with van der Waals surface area (Å²) < 4.78 is 6.00. The Morgan fingerprint density at radius 2 is 1.86 bits per heavy atom. The van der Waals surface area contributed by atoms with E-state index in [4.69, 9.17) is 27.9 Å². The van der Waals surface area contributed by atoms with Crippen LogP contribution in [-0.2, 0) is 9.53 Å². The van der Waals surface area contributed by atoms with Gasteiger partial charge in [-0.25, -0.2) is 0 Å². The van der Waals surface area contributed by atoms with Crippen molar-refractivity contribution in [2.75, 3.05) is 11.9 Å². The first kappa shape index (κ1) is 17.5. The molecule has 122 valence electrons. The lowest BCUT2D eigenvalue weighted by Crippen LogP contribution is -2.46. The largest absolute Gasteiger partial charge is 0.368 e. The van der Waals surface area contributed by atoms with Crippen LogP contribution >= 0.6 is 23.2 Å². The van der Waals surface area contributed by atoms with E-state index < -0.39 is 0 Å². The number of rotatable bonds is 4. The van der Waals surface area contributed by atoms with E-state index >= 15 is 0 Å². The third kappa shape index (κ3) is 4.13. The highest BCUT2D eigenvalue weighted by Crippen LogP contribution is 2.37. The fraction of sp³-hybridized carbons (Fsp3) is 0.562. The van der Waals surface area contributed by atoms with Crippen LogP contribution in [0, 0.1) is 0 Å². The van der Waals surface area contributed by atoms with E-state index in [0.717, 1.165) is 6.42 Å². The second-order valence-electron chi connectivity index (χ2n) is 6.75. The van der Waals surface area contributed by atoms with Crippen LogP contribution in [0.15, 0.2) is 18.2 Å². The maximum Gasteiger partial charge on any atom is 0.238 e. The number of benzene rings is 1. The number of hydrogen-bond acceptors (Lipinski definition) is 3. The number of carbonyl (C=O) groups is 1. The number of hydrogen-bond donors (Lipinski definition) is 2. The predicted molar refractivity (Wildman–Crippen MR) is 90.7 cm³/mol. The Hall–Kier alpha value is -0.810. The molecule has 1 aliphatic rings. The quantitative estimate of drug-likeness (QED) is 0.871. The molecule has 1 amide bonds. The maximum absolute atomic E-state index is 12.1. The van der Waals surface area contributed by atoms with E-state index in [-0.39, 0.29) is 29.7 Å². The van der Waals surface area contributed by atoms with Gasteiger partial charge in [0, 0.05) is 6.04 Å². The molecule has 1 heterocycles. The topological polar surface area (TPSA) is 50.4 Å². The first-order valence-corrected chi connectivity index (χ1v) is 8.04. The Balaban J connectivity index is 1.94. The van der Waals surface area contributed by atoms with Crippen molar-refractivity contribution in [1.29, 1.82) is 0 Å². The normalized spacial score (nSPS) is 22.5. The SMILES string of the molecule is CC1(C)C[C@@H](NCC(=O)Nc2c(Cl)cccc2Cl)C(C)(C)O1. The lowest BCUT2D eigenvalue weighted by atomic mass is 9.94. The molecule has 0 unspecified atom stereocenters. The van der Waals surface area contributed by atoms with E-state index in [9.17, 15) is 4.79 Å². The molecule has 0 aromatic heterocycles. The summed E-state index contributed by atoms with van der Waals surface area (Å²) >= 11 is 12.1. The Morgan fingerprint density at radius 1 is 1.27 bits per heavy atom. The van der Waals surface area contributed by atoms with Gasteiger partial charge in [-0.05, 0) is 46.2 Å². The fourth-order valence-electron chi connectivity index (χ4n) is 2.90. The van der Waals surface area contributed by atoms with Crippen molar-refractivity contribution in [3.05, 3.63) is 28.2 Å². The molecule has 1 fully saturated rings. The van der Waals surface area contributed by atoms with Crippen LogP contribution in [0.25, 0.3) is 0 Å². The lowest BCUT2D eigenvalue weighted by Gasteiger charge is -2.27. The molecular weight excluding hydrogens is 323 g/mol. The number of anilines is 1. The van der Waals surface area contributed by atoms with Crippen molar-refractivity contribution in [3.8, 4) is 0 Å². The lowest BCUT2D eigenvalue weighted by molar-refractivity contribution is -0.115. The monoisotopic (exact) mass is 344 g/mol. The molecule has 0 spiro atoms. The summed E-state index contributed by atoms with van der Waals surface area (Å²) in [6.45, 7) is 8.35. The summed E-state index contributed by atoms with van der Waals surface area (Å²) in [4.78, 5) is 12.1. The smallest absolute Gasteiger partial charge is 0.238 e. The van der Waals surface area contributed by atoms with Crippen molar-refractivity contribution >= 4 is 34.8 Å². The molecule has 0 radical (unpaired) electrons. The van der Waals surface area contributed by atoms with Crippen molar-refractivity contribution in [2.24, 2.45) is 0 Å². The number of ether oxygens (including phenoxy) is 1. The van der Waals surface area contributed by atoms with Crippen LogP contribution in [-0.4, -0.2) is 29.7 Å². The van der Waals surface area contributed by atoms with E-state index in [1.54, 1.807) is 18.2 Å². The summed E-state index contributed by atoms with van der Waals surface area (Å²) in [6, 6.07) is 5.22. The number of halogens is 2. The van der Waals surface area contributed by atoms with Crippen LogP contribution < -0.4 is 10.6 Å². The minimum Gasteiger partial charge on any atom is -0.368 e. The minimum atomic E-state index is -0.314. The van der Waals surface area contributed by atoms with Crippen molar-refractivity contribution in [1.82, 2.24) is 5.32 Å². The molecule has 1 atom stereocenters. The van der Waals surface area contributed by atoms with Gasteiger partial charge < -0.3 is 15.4 Å².